The summed E-state index contributed by atoms with van der Waals surface area (Å²) in [5.74, 6) is -0.0133. The number of piperidine rings is 1. The number of para-hydroxylation sites is 1. The Hall–Kier alpha value is -2.02. The summed E-state index contributed by atoms with van der Waals surface area (Å²) in [6.45, 7) is 4.64. The first-order chi connectivity index (χ1) is 13.7. The van der Waals surface area contributed by atoms with Gasteiger partial charge >= 0.3 is 5.97 Å². The molecule has 0 saturated carbocycles. The lowest BCUT2D eigenvalue weighted by molar-refractivity contribution is -0.147. The summed E-state index contributed by atoms with van der Waals surface area (Å²) in [5, 5.41) is 0. The Kier molecular flexibility index (Phi) is 7.77. The van der Waals surface area contributed by atoms with E-state index in [2.05, 4.69) is 39.5 Å². The number of nitrogen functional groups attached to an aromatic ring is 1. The molecule has 0 aliphatic carbocycles. The number of carbonyl (C=O) groups is 1. The van der Waals surface area contributed by atoms with Gasteiger partial charge in [-0.2, -0.15) is 0 Å². The zero-order valence-electron chi connectivity index (χ0n) is 16.4. The molecule has 0 radical (unpaired) electrons. The van der Waals surface area contributed by atoms with Crippen molar-refractivity contribution >= 4 is 23.6 Å². The summed E-state index contributed by atoms with van der Waals surface area (Å²) in [5.41, 5.74) is 8.25. The van der Waals surface area contributed by atoms with Crippen LogP contribution in [-0.4, -0.2) is 48.5 Å². The van der Waals surface area contributed by atoms with Crippen LogP contribution < -0.4 is 5.73 Å². The number of carbonyl (C=O) groups excluding carboxylic acids is 1. The third-order valence-corrected chi connectivity index (χ3v) is 6.27. The van der Waals surface area contributed by atoms with Crippen LogP contribution in [0.3, 0.4) is 0 Å². The average Bonchev–Trinajstić information content (AvgIpc) is 2.74. The minimum atomic E-state index is -0.0690. The van der Waals surface area contributed by atoms with Gasteiger partial charge in [0.25, 0.3) is 0 Å². The van der Waals surface area contributed by atoms with Crippen molar-refractivity contribution in [3.05, 3.63) is 60.2 Å². The van der Waals surface area contributed by atoms with Crippen molar-refractivity contribution in [2.45, 2.75) is 24.3 Å². The summed E-state index contributed by atoms with van der Waals surface area (Å²) in [7, 11) is 1.47. The maximum atomic E-state index is 11.7. The van der Waals surface area contributed by atoms with E-state index in [1.807, 2.05) is 24.3 Å². The number of nitrogens with zero attached hydrogens (tertiary/aromatic N) is 2. The molecule has 1 fully saturated rings. The molecular weight excluding hydrogens is 370 g/mol. The number of ether oxygens (including phenoxy) is 1. The molecule has 28 heavy (non-hydrogen) atoms. The van der Waals surface area contributed by atoms with Crippen LogP contribution in [0.4, 0.5) is 5.69 Å². The van der Waals surface area contributed by atoms with E-state index in [1.54, 1.807) is 11.9 Å². The van der Waals surface area contributed by atoms with Crippen molar-refractivity contribution in [2.24, 2.45) is 5.92 Å². The zero-order valence-corrected chi connectivity index (χ0v) is 17.2. The van der Waals surface area contributed by atoms with Gasteiger partial charge in [-0.3, -0.25) is 4.79 Å². The summed E-state index contributed by atoms with van der Waals surface area (Å²) in [6, 6.07) is 18.5. The minimum Gasteiger partial charge on any atom is -0.469 e. The molecule has 0 spiro atoms. The molecule has 0 unspecified atom stereocenters. The van der Waals surface area contributed by atoms with E-state index in [4.69, 9.17) is 10.5 Å². The molecule has 2 aromatic rings. The van der Waals surface area contributed by atoms with E-state index in [0.717, 1.165) is 56.1 Å². The predicted octanol–water partition coefficient (Wildman–Crippen LogP) is 3.66. The van der Waals surface area contributed by atoms with Crippen molar-refractivity contribution in [3.63, 3.8) is 0 Å². The van der Waals surface area contributed by atoms with Crippen LogP contribution in [0.15, 0.2) is 59.5 Å². The molecule has 1 saturated heterocycles. The largest absolute Gasteiger partial charge is 0.469 e. The molecule has 2 N–H and O–H groups in total. The van der Waals surface area contributed by atoms with Gasteiger partial charge < -0.3 is 15.4 Å². The molecule has 150 valence electrons. The molecule has 0 bridgehead atoms. The van der Waals surface area contributed by atoms with Crippen LogP contribution >= 0.6 is 11.9 Å². The van der Waals surface area contributed by atoms with Gasteiger partial charge in [0.05, 0.1) is 13.0 Å². The van der Waals surface area contributed by atoms with Gasteiger partial charge in [0.2, 0.25) is 0 Å². The van der Waals surface area contributed by atoms with Crippen molar-refractivity contribution < 1.29 is 9.53 Å². The van der Waals surface area contributed by atoms with E-state index < -0.39 is 0 Å². The highest BCUT2D eigenvalue weighted by molar-refractivity contribution is 7.97. The number of hydrogen-bond donors (Lipinski definition) is 1. The first-order valence-corrected chi connectivity index (χ1v) is 10.5. The molecule has 2 aromatic carbocycles. The quantitative estimate of drug-likeness (QED) is 0.415. The molecule has 3 rings (SSSR count). The number of esters is 1. The van der Waals surface area contributed by atoms with Crippen LogP contribution in [-0.2, 0) is 16.1 Å². The van der Waals surface area contributed by atoms with E-state index in [9.17, 15) is 4.79 Å². The van der Waals surface area contributed by atoms with Crippen molar-refractivity contribution in [2.75, 3.05) is 39.0 Å². The third kappa shape index (κ3) is 5.99. The fourth-order valence-electron chi connectivity index (χ4n) is 3.46. The van der Waals surface area contributed by atoms with Crippen molar-refractivity contribution in [3.8, 4) is 0 Å². The lowest BCUT2D eigenvalue weighted by atomic mass is 9.97. The molecule has 0 atom stereocenters. The van der Waals surface area contributed by atoms with Crippen molar-refractivity contribution in [1.82, 2.24) is 9.21 Å². The van der Waals surface area contributed by atoms with Gasteiger partial charge in [0.15, 0.2) is 0 Å². The second-order valence-corrected chi connectivity index (χ2v) is 8.26. The number of anilines is 1. The number of methoxy groups -OCH3 is 1. The first kappa shape index (κ1) is 20.7. The van der Waals surface area contributed by atoms with Gasteiger partial charge in [-0.25, -0.2) is 4.31 Å². The number of benzene rings is 2. The van der Waals surface area contributed by atoms with E-state index in [1.165, 1.54) is 12.7 Å². The Morgan fingerprint density at radius 3 is 2.50 bits per heavy atom. The molecular formula is C22H29N3O2S. The van der Waals surface area contributed by atoms with Gasteiger partial charge in [0.1, 0.15) is 0 Å². The summed E-state index contributed by atoms with van der Waals surface area (Å²) in [6.07, 6.45) is 1.76. The molecule has 1 heterocycles. The van der Waals surface area contributed by atoms with Crippen LogP contribution in [0.5, 0.6) is 0 Å². The highest BCUT2D eigenvalue weighted by Gasteiger charge is 2.25. The number of likely N-dealkylation sites (tertiary alicyclic amines) is 1. The topological polar surface area (TPSA) is 58.8 Å². The Labute approximate surface area is 172 Å². The summed E-state index contributed by atoms with van der Waals surface area (Å²) < 4.78 is 7.25. The highest BCUT2D eigenvalue weighted by atomic mass is 32.2. The zero-order chi connectivity index (χ0) is 19.8. The fraction of sp³-hybridized carbons (Fsp3) is 0.409. The SMILES string of the molecule is COC(=O)C1CCN(CCN(Cc2ccccc2)Sc2ccccc2N)CC1. The normalized spacial score (nSPS) is 15.6. The Bertz CT molecular complexity index is 748. The smallest absolute Gasteiger partial charge is 0.308 e. The van der Waals surface area contributed by atoms with Gasteiger partial charge in [-0.05, 0) is 55.6 Å². The summed E-state index contributed by atoms with van der Waals surface area (Å²) >= 11 is 1.72. The van der Waals surface area contributed by atoms with Gasteiger partial charge in [-0.15, -0.1) is 0 Å². The monoisotopic (exact) mass is 399 g/mol. The second-order valence-electron chi connectivity index (χ2n) is 7.12. The molecule has 0 amide bonds. The first-order valence-electron chi connectivity index (χ1n) is 9.77. The molecule has 6 heteroatoms. The number of rotatable bonds is 8. The molecule has 1 aliphatic rings. The molecule has 0 aromatic heterocycles. The fourth-order valence-corrected chi connectivity index (χ4v) is 4.44. The molecule has 5 nitrogen and oxygen atoms in total. The number of nitrogens with two attached hydrogens (primary N) is 1. The van der Waals surface area contributed by atoms with Crippen LogP contribution in [0.25, 0.3) is 0 Å². The average molecular weight is 400 g/mol. The van der Waals surface area contributed by atoms with Crippen molar-refractivity contribution in [1.29, 1.82) is 0 Å². The Morgan fingerprint density at radius 1 is 1.14 bits per heavy atom. The third-order valence-electron chi connectivity index (χ3n) is 5.14. The van der Waals surface area contributed by atoms with Crippen LogP contribution in [0, 0.1) is 5.92 Å². The van der Waals surface area contributed by atoms with E-state index in [-0.39, 0.29) is 11.9 Å². The van der Waals surface area contributed by atoms with Crippen LogP contribution in [0.1, 0.15) is 18.4 Å². The lowest BCUT2D eigenvalue weighted by Crippen LogP contribution is -2.40. The summed E-state index contributed by atoms with van der Waals surface area (Å²) in [4.78, 5) is 15.2. The Morgan fingerprint density at radius 2 is 1.82 bits per heavy atom. The van der Waals surface area contributed by atoms with E-state index >= 15 is 0 Å². The van der Waals surface area contributed by atoms with Gasteiger partial charge in [0, 0.05) is 30.2 Å². The second kappa shape index (κ2) is 10.5. The Balaban J connectivity index is 1.58. The van der Waals surface area contributed by atoms with Gasteiger partial charge in [-0.1, -0.05) is 42.5 Å². The predicted molar refractivity (Wildman–Crippen MR) is 115 cm³/mol. The lowest BCUT2D eigenvalue weighted by Gasteiger charge is -2.32. The minimum absolute atomic E-state index is 0.0557. The maximum absolute atomic E-state index is 11.7. The van der Waals surface area contributed by atoms with Crippen LogP contribution in [0.2, 0.25) is 0 Å². The highest BCUT2D eigenvalue weighted by Crippen LogP contribution is 2.29. The number of hydrogen-bond acceptors (Lipinski definition) is 6. The van der Waals surface area contributed by atoms with E-state index in [0.29, 0.717) is 0 Å². The molecule has 1 aliphatic heterocycles. The maximum Gasteiger partial charge on any atom is 0.308 e. The standard InChI is InChI=1S/C22H29N3O2S/c1-27-22(26)19-11-13-24(14-12-19)15-16-25(17-18-7-3-2-4-8-18)28-21-10-6-5-9-20(21)23/h2-10,19H,11-17,23H2,1H3.